The molecule has 0 aliphatic rings. The Bertz CT molecular complexity index is 339. The number of nitrogens with one attached hydrogen (secondary N) is 2. The number of aromatic nitrogens is 1. The number of pyridine rings is 1. The SMILES string of the molecule is CNCc1cc(NCC(C(C)C)C(C)C)ccn1. The van der Waals surface area contributed by atoms with E-state index in [0.29, 0.717) is 17.8 Å². The lowest BCUT2D eigenvalue weighted by Crippen LogP contribution is -2.24. The summed E-state index contributed by atoms with van der Waals surface area (Å²) < 4.78 is 0. The Hall–Kier alpha value is -1.09. The normalized spacial score (nSPS) is 11.6. The van der Waals surface area contributed by atoms with Crippen LogP contribution in [0.5, 0.6) is 0 Å². The second kappa shape index (κ2) is 7.37. The van der Waals surface area contributed by atoms with Gasteiger partial charge in [-0.1, -0.05) is 27.7 Å². The molecule has 1 aromatic rings. The first-order valence-corrected chi connectivity index (χ1v) is 6.88. The van der Waals surface area contributed by atoms with Gasteiger partial charge in [0.15, 0.2) is 0 Å². The van der Waals surface area contributed by atoms with Gasteiger partial charge in [-0.05, 0) is 36.9 Å². The van der Waals surface area contributed by atoms with Gasteiger partial charge in [-0.3, -0.25) is 4.98 Å². The quantitative estimate of drug-likeness (QED) is 0.779. The fourth-order valence-corrected chi connectivity index (χ4v) is 2.34. The van der Waals surface area contributed by atoms with Gasteiger partial charge in [0, 0.05) is 25.0 Å². The summed E-state index contributed by atoms with van der Waals surface area (Å²) in [4.78, 5) is 4.32. The van der Waals surface area contributed by atoms with Gasteiger partial charge in [0.1, 0.15) is 0 Å². The minimum atomic E-state index is 0.700. The summed E-state index contributed by atoms with van der Waals surface area (Å²) in [7, 11) is 1.94. The van der Waals surface area contributed by atoms with E-state index in [4.69, 9.17) is 0 Å². The van der Waals surface area contributed by atoms with E-state index in [-0.39, 0.29) is 0 Å². The van der Waals surface area contributed by atoms with Crippen LogP contribution in [-0.4, -0.2) is 18.6 Å². The predicted molar refractivity (Wildman–Crippen MR) is 78.7 cm³/mol. The molecule has 3 heteroatoms. The lowest BCUT2D eigenvalue weighted by Gasteiger charge is -2.25. The highest BCUT2D eigenvalue weighted by Gasteiger charge is 2.16. The molecule has 0 unspecified atom stereocenters. The summed E-state index contributed by atoms with van der Waals surface area (Å²) in [5, 5.41) is 6.66. The van der Waals surface area contributed by atoms with E-state index >= 15 is 0 Å². The third-order valence-electron chi connectivity index (χ3n) is 3.43. The van der Waals surface area contributed by atoms with Gasteiger partial charge in [-0.25, -0.2) is 0 Å². The highest BCUT2D eigenvalue weighted by molar-refractivity contribution is 5.43. The molecule has 102 valence electrons. The molecule has 3 nitrogen and oxygen atoms in total. The van der Waals surface area contributed by atoms with Crippen LogP contribution in [0, 0.1) is 17.8 Å². The van der Waals surface area contributed by atoms with Gasteiger partial charge in [-0.15, -0.1) is 0 Å². The lowest BCUT2D eigenvalue weighted by molar-refractivity contribution is 0.304. The molecule has 0 aliphatic carbocycles. The van der Waals surface area contributed by atoms with Crippen LogP contribution < -0.4 is 10.6 Å². The van der Waals surface area contributed by atoms with Crippen LogP contribution in [0.1, 0.15) is 33.4 Å². The van der Waals surface area contributed by atoms with E-state index in [0.717, 1.165) is 18.8 Å². The second-order valence-corrected chi connectivity index (χ2v) is 5.60. The maximum absolute atomic E-state index is 4.32. The molecule has 2 N–H and O–H groups in total. The first kappa shape index (κ1) is 15.0. The van der Waals surface area contributed by atoms with Crippen molar-refractivity contribution in [2.75, 3.05) is 18.9 Å². The van der Waals surface area contributed by atoms with Crippen molar-refractivity contribution in [2.24, 2.45) is 17.8 Å². The smallest absolute Gasteiger partial charge is 0.0562 e. The largest absolute Gasteiger partial charge is 0.385 e. The Morgan fingerprint density at radius 1 is 1.17 bits per heavy atom. The summed E-state index contributed by atoms with van der Waals surface area (Å²) in [6.07, 6.45) is 1.87. The number of rotatable bonds is 7. The molecule has 1 heterocycles. The van der Waals surface area contributed by atoms with Crippen molar-refractivity contribution in [3.8, 4) is 0 Å². The minimum Gasteiger partial charge on any atom is -0.385 e. The lowest BCUT2D eigenvalue weighted by atomic mass is 9.85. The number of hydrogen-bond acceptors (Lipinski definition) is 3. The number of hydrogen-bond donors (Lipinski definition) is 2. The second-order valence-electron chi connectivity index (χ2n) is 5.60. The molecular weight excluding hydrogens is 222 g/mol. The van der Waals surface area contributed by atoms with E-state index in [2.05, 4.69) is 49.4 Å². The van der Waals surface area contributed by atoms with Crippen molar-refractivity contribution >= 4 is 5.69 Å². The van der Waals surface area contributed by atoms with Gasteiger partial charge in [0.25, 0.3) is 0 Å². The van der Waals surface area contributed by atoms with Crippen molar-refractivity contribution < 1.29 is 0 Å². The summed E-state index contributed by atoms with van der Waals surface area (Å²) in [5.41, 5.74) is 2.25. The predicted octanol–water partition coefficient (Wildman–Crippen LogP) is 3.14. The van der Waals surface area contributed by atoms with Crippen molar-refractivity contribution in [1.29, 1.82) is 0 Å². The zero-order chi connectivity index (χ0) is 13.5. The molecule has 1 aromatic heterocycles. The van der Waals surface area contributed by atoms with E-state index in [1.165, 1.54) is 5.69 Å². The molecule has 0 aromatic carbocycles. The monoisotopic (exact) mass is 249 g/mol. The molecular formula is C15H27N3. The first-order valence-electron chi connectivity index (χ1n) is 6.88. The third kappa shape index (κ3) is 4.65. The molecule has 0 aliphatic heterocycles. The van der Waals surface area contributed by atoms with Gasteiger partial charge < -0.3 is 10.6 Å². The standard InChI is InChI=1S/C15H27N3/c1-11(2)15(12(3)4)10-18-13-6-7-17-14(8-13)9-16-5/h6-8,11-12,15-16H,9-10H2,1-5H3,(H,17,18). The summed E-state index contributed by atoms with van der Waals surface area (Å²) >= 11 is 0. The molecule has 0 radical (unpaired) electrons. The maximum atomic E-state index is 4.32. The molecule has 1 rings (SSSR count). The molecule has 0 atom stereocenters. The average molecular weight is 249 g/mol. The Morgan fingerprint density at radius 2 is 1.83 bits per heavy atom. The highest BCUT2D eigenvalue weighted by atomic mass is 14.9. The molecule has 18 heavy (non-hydrogen) atoms. The summed E-state index contributed by atoms with van der Waals surface area (Å²) in [6.45, 7) is 11.0. The van der Waals surface area contributed by atoms with Crippen molar-refractivity contribution in [3.63, 3.8) is 0 Å². The molecule has 0 spiro atoms. The zero-order valence-electron chi connectivity index (χ0n) is 12.3. The van der Waals surface area contributed by atoms with Crippen molar-refractivity contribution in [3.05, 3.63) is 24.0 Å². The fourth-order valence-electron chi connectivity index (χ4n) is 2.34. The van der Waals surface area contributed by atoms with Crippen LogP contribution in [0.2, 0.25) is 0 Å². The Kier molecular flexibility index (Phi) is 6.13. The van der Waals surface area contributed by atoms with Crippen LogP contribution in [0.3, 0.4) is 0 Å². The Labute approximate surface area is 111 Å². The van der Waals surface area contributed by atoms with Gasteiger partial charge in [0.2, 0.25) is 0 Å². The van der Waals surface area contributed by atoms with E-state index < -0.39 is 0 Å². The van der Waals surface area contributed by atoms with Crippen molar-refractivity contribution in [1.82, 2.24) is 10.3 Å². The number of nitrogens with zero attached hydrogens (tertiary/aromatic N) is 1. The topological polar surface area (TPSA) is 37.0 Å². The average Bonchev–Trinajstić information content (AvgIpc) is 2.29. The highest BCUT2D eigenvalue weighted by Crippen LogP contribution is 2.21. The number of anilines is 1. The molecule has 0 fully saturated rings. The van der Waals surface area contributed by atoms with Gasteiger partial charge in [0.05, 0.1) is 5.69 Å². The molecule has 0 saturated heterocycles. The fraction of sp³-hybridized carbons (Fsp3) is 0.667. The summed E-state index contributed by atoms with van der Waals surface area (Å²) in [5.74, 6) is 2.11. The van der Waals surface area contributed by atoms with Gasteiger partial charge >= 0.3 is 0 Å². The molecule has 0 bridgehead atoms. The summed E-state index contributed by atoms with van der Waals surface area (Å²) in [6, 6.07) is 4.16. The van der Waals surface area contributed by atoms with Crippen LogP contribution in [0.25, 0.3) is 0 Å². The minimum absolute atomic E-state index is 0.700. The van der Waals surface area contributed by atoms with Crippen LogP contribution in [0.15, 0.2) is 18.3 Å². The van der Waals surface area contributed by atoms with E-state index in [1.807, 2.05) is 19.3 Å². The van der Waals surface area contributed by atoms with E-state index in [1.54, 1.807) is 0 Å². The Morgan fingerprint density at radius 3 is 2.39 bits per heavy atom. The van der Waals surface area contributed by atoms with Crippen LogP contribution >= 0.6 is 0 Å². The van der Waals surface area contributed by atoms with Crippen LogP contribution in [0.4, 0.5) is 5.69 Å². The van der Waals surface area contributed by atoms with E-state index in [9.17, 15) is 0 Å². The molecule has 0 amide bonds. The van der Waals surface area contributed by atoms with Crippen LogP contribution in [-0.2, 0) is 6.54 Å². The first-order chi connectivity index (χ1) is 8.54. The maximum Gasteiger partial charge on any atom is 0.0562 e. The zero-order valence-corrected chi connectivity index (χ0v) is 12.3. The Balaban J connectivity index is 2.59. The third-order valence-corrected chi connectivity index (χ3v) is 3.43. The van der Waals surface area contributed by atoms with Crippen molar-refractivity contribution in [2.45, 2.75) is 34.2 Å². The van der Waals surface area contributed by atoms with Gasteiger partial charge in [-0.2, -0.15) is 0 Å². The molecule has 0 saturated carbocycles.